The van der Waals surface area contributed by atoms with Crippen molar-refractivity contribution in [2.75, 3.05) is 13.7 Å². The van der Waals surface area contributed by atoms with Gasteiger partial charge in [-0.3, -0.25) is 4.79 Å². The van der Waals surface area contributed by atoms with Gasteiger partial charge in [0.2, 0.25) is 0 Å². The highest BCUT2D eigenvalue weighted by molar-refractivity contribution is 5.94. The topological polar surface area (TPSA) is 88.2 Å². The maximum Gasteiger partial charge on any atom is 0.431 e. The molecular formula is C19H29N3O5. The van der Waals surface area contributed by atoms with Crippen LogP contribution < -0.4 is 5.32 Å². The predicted octanol–water partition coefficient (Wildman–Crippen LogP) is 3.39. The van der Waals surface area contributed by atoms with Crippen LogP contribution in [-0.2, 0) is 9.47 Å². The molecule has 1 rings (SSSR count). The van der Waals surface area contributed by atoms with E-state index in [1.54, 1.807) is 71.9 Å². The quantitative estimate of drug-likeness (QED) is 0.642. The molecule has 0 aliphatic rings. The average Bonchev–Trinajstić information content (AvgIpc) is 2.52. The lowest BCUT2D eigenvalue weighted by molar-refractivity contribution is -0.0544. The Morgan fingerprint density at radius 3 is 1.85 bits per heavy atom. The molecule has 0 atom stereocenters. The van der Waals surface area contributed by atoms with Gasteiger partial charge < -0.3 is 14.8 Å². The largest absolute Gasteiger partial charge is 0.442 e. The van der Waals surface area contributed by atoms with Crippen LogP contribution >= 0.6 is 0 Å². The first kappa shape index (κ1) is 22.3. The van der Waals surface area contributed by atoms with Gasteiger partial charge in [0.05, 0.1) is 0 Å². The van der Waals surface area contributed by atoms with Crippen molar-refractivity contribution in [3.05, 3.63) is 35.9 Å². The third-order valence-electron chi connectivity index (χ3n) is 3.05. The van der Waals surface area contributed by atoms with Crippen molar-refractivity contribution in [1.29, 1.82) is 0 Å². The lowest BCUT2D eigenvalue weighted by Gasteiger charge is -2.34. The third-order valence-corrected chi connectivity index (χ3v) is 3.05. The van der Waals surface area contributed by atoms with E-state index in [0.29, 0.717) is 5.56 Å². The summed E-state index contributed by atoms with van der Waals surface area (Å²) in [5, 5.41) is 4.55. The average molecular weight is 379 g/mol. The summed E-state index contributed by atoms with van der Waals surface area (Å²) in [7, 11) is 1.37. The second-order valence-corrected chi connectivity index (χ2v) is 7.91. The van der Waals surface area contributed by atoms with E-state index in [2.05, 4.69) is 5.32 Å². The van der Waals surface area contributed by atoms with Crippen molar-refractivity contribution >= 4 is 18.1 Å². The van der Waals surface area contributed by atoms with Crippen molar-refractivity contribution in [1.82, 2.24) is 15.3 Å². The highest BCUT2D eigenvalue weighted by atomic mass is 16.6. The van der Waals surface area contributed by atoms with E-state index in [9.17, 15) is 14.4 Å². The van der Waals surface area contributed by atoms with E-state index >= 15 is 0 Å². The van der Waals surface area contributed by atoms with Crippen LogP contribution in [0.3, 0.4) is 0 Å². The minimum Gasteiger partial charge on any atom is -0.442 e. The molecule has 0 aliphatic heterocycles. The summed E-state index contributed by atoms with van der Waals surface area (Å²) in [4.78, 5) is 37.1. The van der Waals surface area contributed by atoms with Crippen LogP contribution in [0.5, 0.6) is 0 Å². The zero-order chi connectivity index (χ0) is 20.8. The Morgan fingerprint density at radius 2 is 1.37 bits per heavy atom. The van der Waals surface area contributed by atoms with Gasteiger partial charge in [-0.2, -0.15) is 5.01 Å². The standard InChI is InChI=1S/C19H29N3O5/c1-18(2,3)26-16(24)21(7)22(17(25)27-19(4,5)6)13-20-15(23)14-11-9-8-10-12-14/h8-12H,13H2,1-7H3,(H,20,23). The molecule has 8 heteroatoms. The number of benzene rings is 1. The molecule has 0 fully saturated rings. The molecule has 8 nitrogen and oxygen atoms in total. The van der Waals surface area contributed by atoms with Crippen LogP contribution in [0.4, 0.5) is 9.59 Å². The van der Waals surface area contributed by atoms with Gasteiger partial charge in [-0.05, 0) is 53.7 Å². The number of nitrogens with one attached hydrogen (secondary N) is 1. The van der Waals surface area contributed by atoms with Gasteiger partial charge in [0.25, 0.3) is 5.91 Å². The highest BCUT2D eigenvalue weighted by Gasteiger charge is 2.31. The summed E-state index contributed by atoms with van der Waals surface area (Å²) in [6, 6.07) is 8.54. The molecule has 1 aromatic rings. The Bertz CT molecular complexity index is 662. The van der Waals surface area contributed by atoms with Gasteiger partial charge in [0.1, 0.15) is 17.9 Å². The molecule has 150 valence electrons. The zero-order valence-corrected chi connectivity index (χ0v) is 17.0. The number of ether oxygens (including phenoxy) is 2. The van der Waals surface area contributed by atoms with E-state index in [0.717, 1.165) is 10.0 Å². The Kier molecular flexibility index (Phi) is 7.21. The van der Waals surface area contributed by atoms with Crippen molar-refractivity contribution in [3.63, 3.8) is 0 Å². The Morgan fingerprint density at radius 1 is 0.889 bits per heavy atom. The molecule has 1 aromatic carbocycles. The van der Waals surface area contributed by atoms with Crippen LogP contribution in [0.1, 0.15) is 51.9 Å². The molecule has 0 saturated carbocycles. The first-order valence-electron chi connectivity index (χ1n) is 8.60. The van der Waals surface area contributed by atoms with Gasteiger partial charge in [0.15, 0.2) is 0 Å². The number of carbonyl (C=O) groups is 3. The van der Waals surface area contributed by atoms with Crippen molar-refractivity contribution < 1.29 is 23.9 Å². The van der Waals surface area contributed by atoms with Crippen LogP contribution in [0.15, 0.2) is 30.3 Å². The van der Waals surface area contributed by atoms with Gasteiger partial charge in [0, 0.05) is 12.6 Å². The van der Waals surface area contributed by atoms with Crippen molar-refractivity contribution in [2.45, 2.75) is 52.7 Å². The van der Waals surface area contributed by atoms with Gasteiger partial charge in [-0.25, -0.2) is 14.6 Å². The minimum atomic E-state index is -0.788. The molecule has 0 radical (unpaired) electrons. The monoisotopic (exact) mass is 379 g/mol. The second-order valence-electron chi connectivity index (χ2n) is 7.91. The number of hydrazine groups is 1. The van der Waals surface area contributed by atoms with E-state index in [1.807, 2.05) is 0 Å². The van der Waals surface area contributed by atoms with E-state index in [-0.39, 0.29) is 12.6 Å². The lowest BCUT2D eigenvalue weighted by Crippen LogP contribution is -2.54. The third kappa shape index (κ3) is 7.98. The fourth-order valence-corrected chi connectivity index (χ4v) is 1.87. The highest BCUT2D eigenvalue weighted by Crippen LogP contribution is 2.14. The first-order chi connectivity index (χ1) is 12.3. The first-order valence-corrected chi connectivity index (χ1v) is 8.60. The lowest BCUT2D eigenvalue weighted by atomic mass is 10.2. The summed E-state index contributed by atoms with van der Waals surface area (Å²) in [5.74, 6) is -0.387. The number of rotatable bonds is 3. The van der Waals surface area contributed by atoms with Crippen molar-refractivity contribution in [2.24, 2.45) is 0 Å². The number of hydrogen-bond acceptors (Lipinski definition) is 5. The normalized spacial score (nSPS) is 11.4. The van der Waals surface area contributed by atoms with Crippen LogP contribution in [-0.4, -0.2) is 53.0 Å². The molecule has 0 bridgehead atoms. The van der Waals surface area contributed by atoms with Crippen LogP contribution in [0.25, 0.3) is 0 Å². The molecule has 0 aliphatic carbocycles. The van der Waals surface area contributed by atoms with E-state index in [4.69, 9.17) is 9.47 Å². The molecular weight excluding hydrogens is 350 g/mol. The van der Waals surface area contributed by atoms with Crippen LogP contribution in [0, 0.1) is 0 Å². The summed E-state index contributed by atoms with van der Waals surface area (Å²) < 4.78 is 10.6. The summed E-state index contributed by atoms with van der Waals surface area (Å²) in [6.45, 7) is 10.0. The van der Waals surface area contributed by atoms with Crippen LogP contribution in [0.2, 0.25) is 0 Å². The molecule has 0 saturated heterocycles. The summed E-state index contributed by atoms with van der Waals surface area (Å²) in [6.07, 6.45) is -1.54. The number of nitrogens with zero attached hydrogens (tertiary/aromatic N) is 2. The van der Waals surface area contributed by atoms with Crippen molar-refractivity contribution in [3.8, 4) is 0 Å². The smallest absolute Gasteiger partial charge is 0.431 e. The zero-order valence-electron chi connectivity index (χ0n) is 17.0. The molecule has 27 heavy (non-hydrogen) atoms. The van der Waals surface area contributed by atoms with Gasteiger partial charge in [-0.1, -0.05) is 18.2 Å². The Hall–Kier alpha value is -2.77. The fraction of sp³-hybridized carbons (Fsp3) is 0.526. The SMILES string of the molecule is CN(C(=O)OC(C)(C)C)N(CNC(=O)c1ccccc1)C(=O)OC(C)(C)C. The minimum absolute atomic E-state index is 0.265. The molecule has 1 N–H and O–H groups in total. The Labute approximate surface area is 160 Å². The van der Waals surface area contributed by atoms with E-state index in [1.165, 1.54) is 7.05 Å². The van der Waals surface area contributed by atoms with Gasteiger partial charge in [-0.15, -0.1) is 0 Å². The summed E-state index contributed by atoms with van der Waals surface area (Å²) in [5.41, 5.74) is -1.08. The maximum absolute atomic E-state index is 12.5. The number of carbonyl (C=O) groups excluding carboxylic acids is 3. The molecule has 0 unspecified atom stereocenters. The summed E-state index contributed by atoms with van der Waals surface area (Å²) >= 11 is 0. The Balaban J connectivity index is 2.91. The molecule has 0 spiro atoms. The predicted molar refractivity (Wildman–Crippen MR) is 101 cm³/mol. The van der Waals surface area contributed by atoms with Gasteiger partial charge >= 0.3 is 12.2 Å². The fourth-order valence-electron chi connectivity index (χ4n) is 1.87. The number of hydrogen-bond donors (Lipinski definition) is 1. The molecule has 0 aromatic heterocycles. The maximum atomic E-state index is 12.5. The molecule has 0 heterocycles. The second kappa shape index (κ2) is 8.75. The van der Waals surface area contributed by atoms with E-state index < -0.39 is 23.4 Å². The molecule has 3 amide bonds. The number of amides is 3.